The zero-order valence-corrected chi connectivity index (χ0v) is 25.7. The molecule has 3 aromatic carbocycles. The van der Waals surface area contributed by atoms with Crippen molar-refractivity contribution in [1.29, 1.82) is 0 Å². The lowest BCUT2D eigenvalue weighted by Crippen LogP contribution is -2.26. The number of fused-ring (bicyclic) bond motifs is 2. The Morgan fingerprint density at radius 1 is 1.07 bits per heavy atom. The Morgan fingerprint density at radius 2 is 1.81 bits per heavy atom. The van der Waals surface area contributed by atoms with Crippen LogP contribution in [0.3, 0.4) is 0 Å². The molecule has 0 saturated carbocycles. The second-order valence-electron chi connectivity index (χ2n) is 10.5. The van der Waals surface area contributed by atoms with Crippen LogP contribution < -0.4 is 15.5 Å². The fourth-order valence-electron chi connectivity index (χ4n) is 4.86. The Hall–Kier alpha value is -4.29. The lowest BCUT2D eigenvalue weighted by molar-refractivity contribution is 0.0954. The molecule has 2 heterocycles. The zero-order valence-electron chi connectivity index (χ0n) is 24.1. The maximum absolute atomic E-state index is 14.2. The Morgan fingerprint density at radius 3 is 2.53 bits per heavy atom. The largest absolute Gasteiger partial charge is 0.377 e. The van der Waals surface area contributed by atoms with Crippen LogP contribution in [-0.4, -0.2) is 60.2 Å². The van der Waals surface area contributed by atoms with Gasteiger partial charge in [-0.05, 0) is 50.6 Å². The molecule has 2 aromatic heterocycles. The van der Waals surface area contributed by atoms with Gasteiger partial charge in [-0.15, -0.1) is 0 Å². The van der Waals surface area contributed by atoms with E-state index in [9.17, 15) is 17.6 Å². The quantitative estimate of drug-likeness (QED) is 0.149. The minimum absolute atomic E-state index is 0.0222. The van der Waals surface area contributed by atoms with Gasteiger partial charge in [-0.3, -0.25) is 4.79 Å². The number of carbonyl (C=O) groups excluding carboxylic acids is 1. The molecular formula is C30H31ClFN7O3S. The van der Waals surface area contributed by atoms with Gasteiger partial charge in [0.15, 0.2) is 26.8 Å². The summed E-state index contributed by atoms with van der Waals surface area (Å²) in [4.78, 5) is 27.1. The molecule has 13 heteroatoms. The SMILES string of the molecule is CC(C)n1cnc2c(Nc3ccc(C(=O)NCCCS(=O)(=O)c4cccc5c(N(C)C)cccc45)c(Cl)c3)nc(F)nc21. The van der Waals surface area contributed by atoms with Gasteiger partial charge in [-0.25, -0.2) is 13.4 Å². The number of halogens is 2. The fraction of sp³-hybridized carbons (Fsp3) is 0.267. The summed E-state index contributed by atoms with van der Waals surface area (Å²) in [5.74, 6) is -0.410. The number of nitrogens with zero attached hydrogens (tertiary/aromatic N) is 5. The van der Waals surface area contributed by atoms with E-state index in [0.29, 0.717) is 22.2 Å². The number of nitrogens with one attached hydrogen (secondary N) is 2. The van der Waals surface area contributed by atoms with Crippen LogP contribution in [0, 0.1) is 6.08 Å². The molecule has 5 aromatic rings. The van der Waals surface area contributed by atoms with E-state index in [-0.39, 0.29) is 46.1 Å². The number of hydrogen-bond donors (Lipinski definition) is 2. The van der Waals surface area contributed by atoms with Gasteiger partial charge in [0.05, 0.1) is 27.6 Å². The van der Waals surface area contributed by atoms with Crippen molar-refractivity contribution in [3.63, 3.8) is 0 Å². The van der Waals surface area contributed by atoms with Gasteiger partial charge in [-0.1, -0.05) is 35.9 Å². The average molecular weight is 624 g/mol. The highest BCUT2D eigenvalue weighted by Gasteiger charge is 2.20. The first-order valence-corrected chi connectivity index (χ1v) is 15.7. The first-order chi connectivity index (χ1) is 20.5. The summed E-state index contributed by atoms with van der Waals surface area (Å²) in [5, 5.41) is 7.42. The number of carbonyl (C=O) groups is 1. The van der Waals surface area contributed by atoms with Gasteiger partial charge < -0.3 is 20.1 Å². The van der Waals surface area contributed by atoms with Crippen LogP contribution in [-0.2, 0) is 9.84 Å². The molecule has 10 nitrogen and oxygen atoms in total. The molecular weight excluding hydrogens is 593 g/mol. The number of imidazole rings is 1. The maximum atomic E-state index is 14.2. The van der Waals surface area contributed by atoms with Crippen molar-refractivity contribution in [3.05, 3.63) is 77.6 Å². The molecule has 0 atom stereocenters. The molecule has 0 aliphatic carbocycles. The summed E-state index contributed by atoms with van der Waals surface area (Å²) in [6.07, 6.45) is 0.886. The molecule has 0 spiro atoms. The van der Waals surface area contributed by atoms with Crippen molar-refractivity contribution in [1.82, 2.24) is 24.8 Å². The van der Waals surface area contributed by atoms with Gasteiger partial charge in [-0.2, -0.15) is 14.4 Å². The van der Waals surface area contributed by atoms with Crippen molar-refractivity contribution < 1.29 is 17.6 Å². The number of anilines is 3. The third-order valence-corrected chi connectivity index (χ3v) is 9.14. The monoisotopic (exact) mass is 623 g/mol. The molecule has 2 N–H and O–H groups in total. The second-order valence-corrected chi connectivity index (χ2v) is 13.0. The third kappa shape index (κ3) is 6.25. The maximum Gasteiger partial charge on any atom is 0.312 e. The van der Waals surface area contributed by atoms with E-state index < -0.39 is 21.8 Å². The first kappa shape index (κ1) is 30.2. The van der Waals surface area contributed by atoms with Gasteiger partial charge >= 0.3 is 6.08 Å². The summed E-state index contributed by atoms with van der Waals surface area (Å²) >= 11 is 6.41. The van der Waals surface area contributed by atoms with Crippen LogP contribution >= 0.6 is 11.6 Å². The summed E-state index contributed by atoms with van der Waals surface area (Å²) in [7, 11) is 0.218. The predicted octanol–water partition coefficient (Wildman–Crippen LogP) is 5.76. The van der Waals surface area contributed by atoms with E-state index in [1.807, 2.05) is 51.0 Å². The highest BCUT2D eigenvalue weighted by molar-refractivity contribution is 7.91. The highest BCUT2D eigenvalue weighted by Crippen LogP contribution is 2.31. The number of sulfone groups is 1. The number of benzene rings is 3. The standard InChI is InChI=1S/C30H31ClFN7O3S/c1-18(2)39-17-34-26-27(36-30(32)37-28(26)39)35-19-12-13-22(23(31)16-19)29(40)33-14-7-15-43(41,42)25-11-6-8-20-21(25)9-5-10-24(20)38(3)4/h5-6,8-13,16-18H,7,14-15H2,1-4H3,(H,33,40)(H,35,36,37). The minimum atomic E-state index is -3.61. The lowest BCUT2D eigenvalue weighted by atomic mass is 10.1. The predicted molar refractivity (Wildman–Crippen MR) is 168 cm³/mol. The van der Waals surface area contributed by atoms with E-state index >= 15 is 0 Å². The van der Waals surface area contributed by atoms with E-state index in [1.54, 1.807) is 35.2 Å². The normalized spacial score (nSPS) is 11.8. The number of rotatable bonds is 10. The van der Waals surface area contributed by atoms with Crippen LogP contribution in [0.5, 0.6) is 0 Å². The number of hydrogen-bond acceptors (Lipinski definition) is 8. The number of amides is 1. The number of aromatic nitrogens is 4. The van der Waals surface area contributed by atoms with Crippen molar-refractivity contribution in [2.24, 2.45) is 0 Å². The van der Waals surface area contributed by atoms with Crippen LogP contribution in [0.25, 0.3) is 21.9 Å². The molecule has 0 unspecified atom stereocenters. The van der Waals surface area contributed by atoms with Gasteiger partial charge in [0.2, 0.25) is 0 Å². The topological polar surface area (TPSA) is 122 Å². The van der Waals surface area contributed by atoms with Crippen LogP contribution in [0.2, 0.25) is 5.02 Å². The smallest absolute Gasteiger partial charge is 0.312 e. The van der Waals surface area contributed by atoms with E-state index in [1.165, 1.54) is 12.1 Å². The summed E-state index contributed by atoms with van der Waals surface area (Å²) in [6.45, 7) is 4.00. The molecule has 5 rings (SSSR count). The van der Waals surface area contributed by atoms with E-state index in [4.69, 9.17) is 11.6 Å². The highest BCUT2D eigenvalue weighted by atomic mass is 35.5. The molecule has 0 fully saturated rings. The summed E-state index contributed by atoms with van der Waals surface area (Å²) in [5.41, 5.74) is 2.36. The molecule has 1 amide bonds. The molecule has 0 radical (unpaired) electrons. The lowest BCUT2D eigenvalue weighted by Gasteiger charge is -2.17. The van der Waals surface area contributed by atoms with Crippen LogP contribution in [0.15, 0.2) is 65.8 Å². The Bertz CT molecular complexity index is 1940. The first-order valence-electron chi connectivity index (χ1n) is 13.6. The van der Waals surface area contributed by atoms with Gasteiger partial charge in [0, 0.05) is 48.8 Å². The van der Waals surface area contributed by atoms with Gasteiger partial charge in [0.25, 0.3) is 5.91 Å². The zero-order chi connectivity index (χ0) is 30.9. The molecule has 0 saturated heterocycles. The van der Waals surface area contributed by atoms with Crippen molar-refractivity contribution >= 4 is 66.5 Å². The van der Waals surface area contributed by atoms with E-state index in [2.05, 4.69) is 25.6 Å². The van der Waals surface area contributed by atoms with Crippen LogP contribution in [0.1, 0.15) is 36.7 Å². The fourth-order valence-corrected chi connectivity index (χ4v) is 6.67. The Kier molecular flexibility index (Phi) is 8.52. The Balaban J connectivity index is 1.23. The molecule has 43 heavy (non-hydrogen) atoms. The molecule has 0 bridgehead atoms. The summed E-state index contributed by atoms with van der Waals surface area (Å²) < 4.78 is 42.4. The van der Waals surface area contributed by atoms with Crippen molar-refractivity contribution in [2.45, 2.75) is 31.2 Å². The summed E-state index contributed by atoms with van der Waals surface area (Å²) in [6, 6.07) is 15.5. The molecule has 0 aliphatic heterocycles. The van der Waals surface area contributed by atoms with Crippen molar-refractivity contribution in [3.8, 4) is 0 Å². The van der Waals surface area contributed by atoms with E-state index in [0.717, 1.165) is 11.1 Å². The van der Waals surface area contributed by atoms with Crippen LogP contribution in [0.4, 0.5) is 21.6 Å². The minimum Gasteiger partial charge on any atom is -0.377 e. The Labute approximate surface area is 253 Å². The molecule has 224 valence electrons. The third-order valence-electron chi connectivity index (χ3n) is 6.98. The average Bonchev–Trinajstić information content (AvgIpc) is 3.39. The van der Waals surface area contributed by atoms with Crippen molar-refractivity contribution in [2.75, 3.05) is 36.6 Å². The van der Waals surface area contributed by atoms with Gasteiger partial charge in [0.1, 0.15) is 0 Å². The molecule has 0 aliphatic rings. The second kappa shape index (κ2) is 12.1.